The largest absolute Gasteiger partial charge is 0.490 e. The summed E-state index contributed by atoms with van der Waals surface area (Å²) < 4.78 is 11.7. The van der Waals surface area contributed by atoms with Crippen LogP contribution < -0.4 is 20.5 Å². The Kier molecular flexibility index (Phi) is 6.63. The van der Waals surface area contributed by atoms with Gasteiger partial charge in [0.05, 0.1) is 12.8 Å². The van der Waals surface area contributed by atoms with Gasteiger partial charge in [0.1, 0.15) is 6.61 Å². The van der Waals surface area contributed by atoms with Crippen LogP contribution in [0.5, 0.6) is 11.5 Å². The first-order valence-electron chi connectivity index (χ1n) is 9.35. The molecule has 0 aliphatic carbocycles. The quantitative estimate of drug-likeness (QED) is 0.449. The Balaban J connectivity index is 1.69. The molecule has 0 aliphatic rings. The average molecular weight is 392 g/mol. The van der Waals surface area contributed by atoms with Gasteiger partial charge < -0.3 is 9.47 Å². The van der Waals surface area contributed by atoms with Gasteiger partial charge in [0.25, 0.3) is 5.56 Å². The maximum atomic E-state index is 11.5. The van der Waals surface area contributed by atoms with Crippen LogP contribution in [-0.4, -0.2) is 22.8 Å². The molecule has 7 heteroatoms. The molecule has 7 nitrogen and oxygen atoms in total. The van der Waals surface area contributed by atoms with Crippen molar-refractivity contribution < 1.29 is 9.47 Å². The fraction of sp³-hybridized carbons (Fsp3) is 0.227. The summed E-state index contributed by atoms with van der Waals surface area (Å²) in [6.07, 6.45) is 1.62. The van der Waals surface area contributed by atoms with Crippen molar-refractivity contribution in [3.05, 3.63) is 81.3 Å². The lowest BCUT2D eigenvalue weighted by Crippen LogP contribution is -2.10. The van der Waals surface area contributed by atoms with Gasteiger partial charge in [0, 0.05) is 11.8 Å². The van der Waals surface area contributed by atoms with E-state index >= 15 is 0 Å². The number of hydrogen-bond donors (Lipinski definition) is 2. The van der Waals surface area contributed by atoms with E-state index in [9.17, 15) is 4.79 Å². The SMILES string of the molecule is CCOc1cc(/C=N\Nc2nc(C)cc(=O)[nH]2)ccc1OCc1ccc(C)cc1. The minimum Gasteiger partial charge on any atom is -0.490 e. The monoisotopic (exact) mass is 392 g/mol. The lowest BCUT2D eigenvalue weighted by molar-refractivity contribution is 0.269. The number of benzene rings is 2. The third-order valence-corrected chi connectivity index (χ3v) is 4.04. The van der Waals surface area contributed by atoms with Crippen LogP contribution in [0.3, 0.4) is 0 Å². The Morgan fingerprint density at radius 2 is 1.86 bits per heavy atom. The van der Waals surface area contributed by atoms with Gasteiger partial charge in [-0.05, 0) is 50.1 Å². The van der Waals surface area contributed by atoms with Crippen molar-refractivity contribution in [1.82, 2.24) is 9.97 Å². The Morgan fingerprint density at radius 1 is 1.07 bits per heavy atom. The van der Waals surface area contributed by atoms with E-state index in [1.807, 2.05) is 37.3 Å². The molecule has 2 aromatic carbocycles. The standard InChI is InChI=1S/C22H24N4O3/c1-4-28-20-12-18(13-23-26-22-24-16(3)11-21(27)25-22)9-10-19(20)29-14-17-7-5-15(2)6-8-17/h5-13H,4,14H2,1-3H3,(H2,24,25,26,27)/b23-13-. The van der Waals surface area contributed by atoms with Crippen molar-refractivity contribution in [2.24, 2.45) is 5.10 Å². The molecule has 0 bridgehead atoms. The van der Waals surface area contributed by atoms with Crippen molar-refractivity contribution in [3.8, 4) is 11.5 Å². The maximum Gasteiger partial charge on any atom is 0.252 e. The summed E-state index contributed by atoms with van der Waals surface area (Å²) in [5.74, 6) is 1.60. The molecular formula is C22H24N4O3. The van der Waals surface area contributed by atoms with Crippen LogP contribution in [0.25, 0.3) is 0 Å². The Labute approximate surface area is 169 Å². The third kappa shape index (κ3) is 5.93. The third-order valence-electron chi connectivity index (χ3n) is 4.04. The highest BCUT2D eigenvalue weighted by Gasteiger charge is 2.07. The van der Waals surface area contributed by atoms with E-state index in [4.69, 9.17) is 9.47 Å². The smallest absolute Gasteiger partial charge is 0.252 e. The fourth-order valence-corrected chi connectivity index (χ4v) is 2.64. The van der Waals surface area contributed by atoms with Gasteiger partial charge in [-0.3, -0.25) is 9.78 Å². The number of rotatable bonds is 8. The molecule has 2 N–H and O–H groups in total. The highest BCUT2D eigenvalue weighted by Crippen LogP contribution is 2.29. The molecular weight excluding hydrogens is 368 g/mol. The number of hydrazone groups is 1. The molecule has 0 unspecified atom stereocenters. The van der Waals surface area contributed by atoms with E-state index in [1.165, 1.54) is 11.6 Å². The summed E-state index contributed by atoms with van der Waals surface area (Å²) in [5, 5.41) is 4.12. The van der Waals surface area contributed by atoms with Gasteiger partial charge in [-0.25, -0.2) is 10.4 Å². The number of aryl methyl sites for hydroxylation is 2. The molecule has 0 saturated heterocycles. The number of nitrogens with zero attached hydrogens (tertiary/aromatic N) is 2. The van der Waals surface area contributed by atoms with E-state index in [1.54, 1.807) is 13.1 Å². The molecule has 150 valence electrons. The van der Waals surface area contributed by atoms with Gasteiger partial charge in [-0.1, -0.05) is 29.8 Å². The van der Waals surface area contributed by atoms with E-state index in [-0.39, 0.29) is 11.5 Å². The second kappa shape index (κ2) is 9.54. The van der Waals surface area contributed by atoms with Crippen LogP contribution in [-0.2, 0) is 6.61 Å². The Hall–Kier alpha value is -3.61. The molecule has 0 saturated carbocycles. The lowest BCUT2D eigenvalue weighted by atomic mass is 10.2. The highest BCUT2D eigenvalue weighted by molar-refractivity contribution is 5.81. The van der Waals surface area contributed by atoms with Gasteiger partial charge in [0.15, 0.2) is 11.5 Å². The van der Waals surface area contributed by atoms with Crippen molar-refractivity contribution in [2.75, 3.05) is 12.0 Å². The summed E-state index contributed by atoms with van der Waals surface area (Å²) in [4.78, 5) is 18.2. The topological polar surface area (TPSA) is 88.6 Å². The molecule has 3 aromatic rings. The minimum atomic E-state index is -0.232. The fourth-order valence-electron chi connectivity index (χ4n) is 2.64. The molecule has 3 rings (SSSR count). The van der Waals surface area contributed by atoms with Gasteiger partial charge in [-0.2, -0.15) is 5.10 Å². The molecule has 29 heavy (non-hydrogen) atoms. The van der Waals surface area contributed by atoms with Crippen molar-refractivity contribution >= 4 is 12.2 Å². The second-order valence-electron chi connectivity index (χ2n) is 6.52. The minimum absolute atomic E-state index is 0.232. The summed E-state index contributed by atoms with van der Waals surface area (Å²) in [6, 6.07) is 15.2. The predicted octanol–water partition coefficient (Wildman–Crippen LogP) is 3.81. The van der Waals surface area contributed by atoms with Crippen LogP contribution in [0.2, 0.25) is 0 Å². The summed E-state index contributed by atoms with van der Waals surface area (Å²) >= 11 is 0. The molecule has 1 heterocycles. The summed E-state index contributed by atoms with van der Waals surface area (Å²) in [5.41, 5.74) is 6.22. The first kappa shape index (κ1) is 20.1. The normalized spacial score (nSPS) is 10.9. The number of aromatic amines is 1. The summed E-state index contributed by atoms with van der Waals surface area (Å²) in [7, 11) is 0. The van der Waals surface area contributed by atoms with Crippen LogP contribution in [0.15, 0.2) is 58.4 Å². The van der Waals surface area contributed by atoms with Gasteiger partial charge in [-0.15, -0.1) is 0 Å². The van der Waals surface area contributed by atoms with Crippen LogP contribution in [0, 0.1) is 13.8 Å². The first-order chi connectivity index (χ1) is 14.0. The predicted molar refractivity (Wildman–Crippen MR) is 114 cm³/mol. The number of anilines is 1. The average Bonchev–Trinajstić information content (AvgIpc) is 2.68. The summed E-state index contributed by atoms with van der Waals surface area (Å²) in [6.45, 7) is 6.70. The Bertz CT molecular complexity index is 1040. The number of hydrogen-bond acceptors (Lipinski definition) is 6. The highest BCUT2D eigenvalue weighted by atomic mass is 16.5. The van der Waals surface area contributed by atoms with Gasteiger partial charge in [0.2, 0.25) is 5.95 Å². The zero-order chi connectivity index (χ0) is 20.6. The number of aromatic nitrogens is 2. The maximum absolute atomic E-state index is 11.5. The molecule has 0 atom stereocenters. The van der Waals surface area contributed by atoms with E-state index in [0.717, 1.165) is 11.1 Å². The number of ether oxygens (including phenoxy) is 2. The molecule has 0 aliphatic heterocycles. The molecule has 0 fully saturated rings. The van der Waals surface area contributed by atoms with Gasteiger partial charge >= 0.3 is 0 Å². The molecule has 1 aromatic heterocycles. The van der Waals surface area contributed by atoms with E-state index in [0.29, 0.717) is 30.4 Å². The number of nitrogens with one attached hydrogen (secondary N) is 2. The van der Waals surface area contributed by atoms with Crippen LogP contribution >= 0.6 is 0 Å². The molecule has 0 radical (unpaired) electrons. The van der Waals surface area contributed by atoms with Crippen molar-refractivity contribution in [1.29, 1.82) is 0 Å². The number of H-pyrrole nitrogens is 1. The zero-order valence-corrected chi connectivity index (χ0v) is 16.7. The lowest BCUT2D eigenvalue weighted by Gasteiger charge is -2.12. The van der Waals surface area contributed by atoms with E-state index in [2.05, 4.69) is 39.6 Å². The van der Waals surface area contributed by atoms with Crippen LogP contribution in [0.4, 0.5) is 5.95 Å². The van der Waals surface area contributed by atoms with Crippen LogP contribution in [0.1, 0.15) is 29.3 Å². The Morgan fingerprint density at radius 3 is 2.59 bits per heavy atom. The molecule has 0 spiro atoms. The van der Waals surface area contributed by atoms with E-state index < -0.39 is 0 Å². The molecule has 0 amide bonds. The van der Waals surface area contributed by atoms with Crippen molar-refractivity contribution in [2.45, 2.75) is 27.4 Å². The second-order valence-corrected chi connectivity index (χ2v) is 6.52. The zero-order valence-electron chi connectivity index (χ0n) is 16.7. The van der Waals surface area contributed by atoms with Crippen molar-refractivity contribution in [3.63, 3.8) is 0 Å². The first-order valence-corrected chi connectivity index (χ1v) is 9.35.